The van der Waals surface area contributed by atoms with Crippen molar-refractivity contribution in [2.75, 3.05) is 6.54 Å². The van der Waals surface area contributed by atoms with Gasteiger partial charge >= 0.3 is 0 Å². The topological polar surface area (TPSA) is 75.1 Å². The van der Waals surface area contributed by atoms with Crippen LogP contribution in [0.5, 0.6) is 5.75 Å². The molecule has 5 heteroatoms. The highest BCUT2D eigenvalue weighted by atomic mass is 16.3. The van der Waals surface area contributed by atoms with Crippen LogP contribution < -0.4 is 5.32 Å². The van der Waals surface area contributed by atoms with E-state index < -0.39 is 0 Å². The Morgan fingerprint density at radius 1 is 1.17 bits per heavy atom. The number of nitrogens with one attached hydrogen (secondary N) is 1. The number of hydrogen-bond acceptors (Lipinski definition) is 4. The molecular formula is C13H13N3O2. The number of aromatic nitrogens is 2. The SMILES string of the molecule is O=C(NCCc1ccc(O)cc1)c1cncnc1. The lowest BCUT2D eigenvalue weighted by Gasteiger charge is -2.04. The zero-order valence-electron chi connectivity index (χ0n) is 9.71. The second-order valence-electron chi connectivity index (χ2n) is 3.80. The number of benzene rings is 1. The van der Waals surface area contributed by atoms with Crippen molar-refractivity contribution in [1.29, 1.82) is 0 Å². The zero-order valence-corrected chi connectivity index (χ0v) is 9.71. The summed E-state index contributed by atoms with van der Waals surface area (Å²) in [6.45, 7) is 0.526. The third-order valence-corrected chi connectivity index (χ3v) is 2.46. The Morgan fingerprint density at radius 3 is 2.50 bits per heavy atom. The predicted molar refractivity (Wildman–Crippen MR) is 66.2 cm³/mol. The van der Waals surface area contributed by atoms with Gasteiger partial charge in [0, 0.05) is 18.9 Å². The van der Waals surface area contributed by atoms with Gasteiger partial charge in [0.2, 0.25) is 0 Å². The normalized spacial score (nSPS) is 10.0. The molecule has 1 heterocycles. The van der Waals surface area contributed by atoms with Crippen LogP contribution in [0.4, 0.5) is 0 Å². The van der Waals surface area contributed by atoms with Crippen LogP contribution in [-0.4, -0.2) is 27.5 Å². The summed E-state index contributed by atoms with van der Waals surface area (Å²) >= 11 is 0. The average molecular weight is 243 g/mol. The first-order valence-corrected chi connectivity index (χ1v) is 5.57. The molecule has 0 spiro atoms. The standard InChI is InChI=1S/C13H13N3O2/c17-12-3-1-10(2-4-12)5-6-16-13(18)11-7-14-9-15-8-11/h1-4,7-9,17H,5-6H2,(H,16,18). The summed E-state index contributed by atoms with van der Waals surface area (Å²) in [5.74, 6) is 0.0543. The van der Waals surface area contributed by atoms with E-state index in [9.17, 15) is 4.79 Å². The lowest BCUT2D eigenvalue weighted by molar-refractivity contribution is 0.0953. The van der Waals surface area contributed by atoms with E-state index in [0.29, 0.717) is 18.5 Å². The molecule has 1 aromatic carbocycles. The molecule has 0 atom stereocenters. The first kappa shape index (κ1) is 12.0. The Hall–Kier alpha value is -2.43. The number of nitrogens with zero attached hydrogens (tertiary/aromatic N) is 2. The molecule has 92 valence electrons. The van der Waals surface area contributed by atoms with Gasteiger partial charge in [-0.3, -0.25) is 4.79 Å². The molecule has 2 N–H and O–H groups in total. The zero-order chi connectivity index (χ0) is 12.8. The molecule has 0 saturated heterocycles. The van der Waals surface area contributed by atoms with Crippen molar-refractivity contribution in [3.8, 4) is 5.75 Å². The van der Waals surface area contributed by atoms with Gasteiger partial charge in [-0.1, -0.05) is 12.1 Å². The fourth-order valence-corrected chi connectivity index (χ4v) is 1.50. The van der Waals surface area contributed by atoms with Crippen molar-refractivity contribution < 1.29 is 9.90 Å². The molecule has 1 amide bonds. The minimum absolute atomic E-state index is 0.186. The van der Waals surface area contributed by atoms with E-state index in [1.54, 1.807) is 12.1 Å². The van der Waals surface area contributed by atoms with Crippen LogP contribution in [-0.2, 0) is 6.42 Å². The maximum Gasteiger partial charge on any atom is 0.254 e. The lowest BCUT2D eigenvalue weighted by atomic mass is 10.1. The van der Waals surface area contributed by atoms with Crippen LogP contribution in [0.3, 0.4) is 0 Å². The van der Waals surface area contributed by atoms with Gasteiger partial charge in [-0.25, -0.2) is 9.97 Å². The predicted octanol–water partition coefficient (Wildman–Crippen LogP) is 1.15. The lowest BCUT2D eigenvalue weighted by Crippen LogP contribution is -2.25. The van der Waals surface area contributed by atoms with Crippen molar-refractivity contribution in [3.63, 3.8) is 0 Å². The summed E-state index contributed by atoms with van der Waals surface area (Å²) in [5.41, 5.74) is 1.50. The highest BCUT2D eigenvalue weighted by molar-refractivity contribution is 5.93. The third kappa shape index (κ3) is 3.28. The first-order chi connectivity index (χ1) is 8.75. The molecule has 0 aliphatic heterocycles. The minimum atomic E-state index is -0.186. The number of aromatic hydroxyl groups is 1. The van der Waals surface area contributed by atoms with Gasteiger partial charge in [-0.15, -0.1) is 0 Å². The summed E-state index contributed by atoms with van der Waals surface area (Å²) in [6.07, 6.45) is 5.04. The molecule has 2 aromatic rings. The number of phenols is 1. The van der Waals surface area contributed by atoms with Crippen molar-refractivity contribution in [3.05, 3.63) is 54.1 Å². The molecular weight excluding hydrogens is 230 g/mol. The van der Waals surface area contributed by atoms with E-state index in [0.717, 1.165) is 5.56 Å². The first-order valence-electron chi connectivity index (χ1n) is 5.57. The monoisotopic (exact) mass is 243 g/mol. The van der Waals surface area contributed by atoms with Gasteiger partial charge < -0.3 is 10.4 Å². The Kier molecular flexibility index (Phi) is 3.86. The van der Waals surface area contributed by atoms with Crippen LogP contribution in [0.2, 0.25) is 0 Å². The van der Waals surface area contributed by atoms with Gasteiger partial charge in [0.25, 0.3) is 5.91 Å². The fourth-order valence-electron chi connectivity index (χ4n) is 1.50. The van der Waals surface area contributed by atoms with E-state index in [1.165, 1.54) is 18.7 Å². The van der Waals surface area contributed by atoms with Gasteiger partial charge in [0.1, 0.15) is 12.1 Å². The third-order valence-electron chi connectivity index (χ3n) is 2.46. The van der Waals surface area contributed by atoms with Crippen LogP contribution in [0.1, 0.15) is 15.9 Å². The summed E-state index contributed by atoms with van der Waals surface area (Å²) in [5, 5.41) is 11.9. The summed E-state index contributed by atoms with van der Waals surface area (Å²) < 4.78 is 0. The van der Waals surface area contributed by atoms with Crippen LogP contribution in [0, 0.1) is 0 Å². The van der Waals surface area contributed by atoms with E-state index in [4.69, 9.17) is 5.11 Å². The summed E-state index contributed by atoms with van der Waals surface area (Å²) in [6, 6.07) is 6.91. The van der Waals surface area contributed by atoms with Crippen molar-refractivity contribution in [1.82, 2.24) is 15.3 Å². The highest BCUT2D eigenvalue weighted by Crippen LogP contribution is 2.09. The smallest absolute Gasteiger partial charge is 0.254 e. The van der Waals surface area contributed by atoms with Crippen molar-refractivity contribution in [2.24, 2.45) is 0 Å². The molecule has 2 rings (SSSR count). The minimum Gasteiger partial charge on any atom is -0.508 e. The van der Waals surface area contributed by atoms with E-state index in [2.05, 4.69) is 15.3 Å². The van der Waals surface area contributed by atoms with E-state index >= 15 is 0 Å². The maximum absolute atomic E-state index is 11.7. The molecule has 0 aliphatic rings. The molecule has 0 radical (unpaired) electrons. The largest absolute Gasteiger partial charge is 0.508 e. The highest BCUT2D eigenvalue weighted by Gasteiger charge is 2.04. The molecule has 5 nitrogen and oxygen atoms in total. The summed E-state index contributed by atoms with van der Waals surface area (Å²) in [7, 11) is 0. The Morgan fingerprint density at radius 2 is 1.83 bits per heavy atom. The van der Waals surface area contributed by atoms with Crippen LogP contribution in [0.25, 0.3) is 0 Å². The number of carbonyl (C=O) groups is 1. The molecule has 18 heavy (non-hydrogen) atoms. The second kappa shape index (κ2) is 5.77. The Labute approximate surface area is 105 Å². The molecule has 1 aromatic heterocycles. The fraction of sp³-hybridized carbons (Fsp3) is 0.154. The van der Waals surface area contributed by atoms with Crippen LogP contribution in [0.15, 0.2) is 43.0 Å². The number of phenolic OH excluding ortho intramolecular Hbond substituents is 1. The Bertz CT molecular complexity index is 512. The number of amides is 1. The molecule has 0 saturated carbocycles. The quantitative estimate of drug-likeness (QED) is 0.844. The van der Waals surface area contributed by atoms with E-state index in [-0.39, 0.29) is 11.7 Å². The van der Waals surface area contributed by atoms with E-state index in [1.807, 2.05) is 12.1 Å². The molecule has 0 unspecified atom stereocenters. The number of hydrogen-bond donors (Lipinski definition) is 2. The number of rotatable bonds is 4. The molecule has 0 fully saturated rings. The Balaban J connectivity index is 1.82. The summed E-state index contributed by atoms with van der Waals surface area (Å²) in [4.78, 5) is 19.2. The second-order valence-corrected chi connectivity index (χ2v) is 3.80. The molecule has 0 aliphatic carbocycles. The van der Waals surface area contributed by atoms with Gasteiger partial charge in [0.05, 0.1) is 5.56 Å². The van der Waals surface area contributed by atoms with Gasteiger partial charge in [0.15, 0.2) is 0 Å². The average Bonchev–Trinajstić information content (AvgIpc) is 2.42. The van der Waals surface area contributed by atoms with Gasteiger partial charge in [-0.05, 0) is 24.1 Å². The van der Waals surface area contributed by atoms with Crippen molar-refractivity contribution in [2.45, 2.75) is 6.42 Å². The van der Waals surface area contributed by atoms with Crippen molar-refractivity contribution >= 4 is 5.91 Å². The molecule has 0 bridgehead atoms. The van der Waals surface area contributed by atoms with Crippen LogP contribution >= 0.6 is 0 Å². The number of carbonyl (C=O) groups excluding carboxylic acids is 1. The van der Waals surface area contributed by atoms with Gasteiger partial charge in [-0.2, -0.15) is 0 Å². The maximum atomic E-state index is 11.7.